The molecule has 0 spiro atoms. The number of carbonyl (C=O) groups is 1. The molecule has 0 N–H and O–H groups in total. The van der Waals surface area contributed by atoms with Gasteiger partial charge in [-0.3, -0.25) is 4.79 Å². The molecule has 1 aliphatic heterocycles. The van der Waals surface area contributed by atoms with E-state index in [1.165, 1.54) is 13.2 Å². The maximum absolute atomic E-state index is 11.4. The first-order chi connectivity index (χ1) is 10.9. The molecule has 1 saturated heterocycles. The molecular weight excluding hydrogens is 324 g/mol. The van der Waals surface area contributed by atoms with Gasteiger partial charge < -0.3 is 18.4 Å². The predicted molar refractivity (Wildman–Crippen MR) is 82.2 cm³/mol. The van der Waals surface area contributed by atoms with E-state index in [2.05, 4.69) is 0 Å². The highest BCUT2D eigenvalue weighted by Crippen LogP contribution is 2.31. The van der Waals surface area contributed by atoms with Crippen LogP contribution in [-0.4, -0.2) is 41.0 Å². The summed E-state index contributed by atoms with van der Waals surface area (Å²) >= 11 is 0. The van der Waals surface area contributed by atoms with E-state index in [1.807, 2.05) is 0 Å². The van der Waals surface area contributed by atoms with Crippen molar-refractivity contribution in [3.8, 4) is 11.5 Å². The highest BCUT2D eigenvalue weighted by Gasteiger charge is 2.20. The highest BCUT2D eigenvalue weighted by molar-refractivity contribution is 7.86. The minimum Gasteiger partial charge on any atom is -0.465 e. The number of carbonyl (C=O) groups excluding carboxylic acids is 1. The quantitative estimate of drug-likeness (QED) is 0.551. The Kier molecular flexibility index (Phi) is 5.97. The van der Waals surface area contributed by atoms with Gasteiger partial charge in [-0.15, -0.1) is 0 Å². The zero-order valence-corrected chi connectivity index (χ0v) is 13.9. The van der Waals surface area contributed by atoms with Gasteiger partial charge in [-0.1, -0.05) is 0 Å². The standard InChI is InChI=1S/C15H20O7S/c1-19-10-11-7-12(21-15-5-3-4-6-20-15)8-14(13(11)9-16)22-23(2,17)18/h7-9,15H,3-6,10H2,1-2H3. The fourth-order valence-electron chi connectivity index (χ4n) is 2.32. The molecule has 0 radical (unpaired) electrons. The van der Waals surface area contributed by atoms with Crippen molar-refractivity contribution in [1.82, 2.24) is 0 Å². The second-order valence-electron chi connectivity index (χ2n) is 5.25. The lowest BCUT2D eigenvalue weighted by Crippen LogP contribution is -2.25. The maximum atomic E-state index is 11.4. The van der Waals surface area contributed by atoms with E-state index in [0.717, 1.165) is 25.5 Å². The Morgan fingerprint density at radius 1 is 1.35 bits per heavy atom. The average molecular weight is 344 g/mol. The van der Waals surface area contributed by atoms with Crippen molar-refractivity contribution in [1.29, 1.82) is 0 Å². The van der Waals surface area contributed by atoms with Crippen LogP contribution < -0.4 is 8.92 Å². The molecule has 1 heterocycles. The number of hydrogen-bond acceptors (Lipinski definition) is 7. The molecule has 0 saturated carbocycles. The van der Waals surface area contributed by atoms with Crippen molar-refractivity contribution in [3.05, 3.63) is 23.3 Å². The fourth-order valence-corrected chi connectivity index (χ4v) is 2.79. The van der Waals surface area contributed by atoms with Crippen LogP contribution >= 0.6 is 0 Å². The first-order valence-corrected chi connectivity index (χ1v) is 9.03. The summed E-state index contributed by atoms with van der Waals surface area (Å²) in [5, 5.41) is 0. The van der Waals surface area contributed by atoms with Gasteiger partial charge in [0, 0.05) is 19.6 Å². The second kappa shape index (κ2) is 7.76. The summed E-state index contributed by atoms with van der Waals surface area (Å²) < 4.78 is 44.0. The largest absolute Gasteiger partial charge is 0.465 e. The molecule has 1 aromatic rings. The number of rotatable bonds is 7. The van der Waals surface area contributed by atoms with Gasteiger partial charge in [0.25, 0.3) is 0 Å². The van der Waals surface area contributed by atoms with Crippen LogP contribution in [0, 0.1) is 0 Å². The van der Waals surface area contributed by atoms with E-state index in [-0.39, 0.29) is 17.9 Å². The number of aldehydes is 1. The van der Waals surface area contributed by atoms with Crippen LogP contribution in [0.1, 0.15) is 35.2 Å². The van der Waals surface area contributed by atoms with E-state index in [9.17, 15) is 13.2 Å². The van der Waals surface area contributed by atoms with Gasteiger partial charge in [0.05, 0.1) is 25.0 Å². The molecule has 1 fully saturated rings. The first-order valence-electron chi connectivity index (χ1n) is 7.21. The Hall–Kier alpha value is -1.64. The van der Waals surface area contributed by atoms with Crippen LogP contribution in [0.15, 0.2) is 12.1 Å². The summed E-state index contributed by atoms with van der Waals surface area (Å²) in [5.74, 6) is 0.288. The molecule has 0 bridgehead atoms. The van der Waals surface area contributed by atoms with Crippen LogP contribution in [-0.2, 0) is 26.2 Å². The van der Waals surface area contributed by atoms with E-state index in [4.69, 9.17) is 18.4 Å². The lowest BCUT2D eigenvalue weighted by molar-refractivity contribution is -0.106. The lowest BCUT2D eigenvalue weighted by Gasteiger charge is -2.24. The number of ether oxygens (including phenoxy) is 3. The van der Waals surface area contributed by atoms with Gasteiger partial charge in [-0.2, -0.15) is 8.42 Å². The Morgan fingerprint density at radius 2 is 2.13 bits per heavy atom. The number of hydrogen-bond donors (Lipinski definition) is 0. The van der Waals surface area contributed by atoms with Crippen LogP contribution in [0.3, 0.4) is 0 Å². The van der Waals surface area contributed by atoms with E-state index in [0.29, 0.717) is 24.2 Å². The van der Waals surface area contributed by atoms with Crippen molar-refractivity contribution >= 4 is 16.4 Å². The molecule has 128 valence electrons. The molecule has 8 heteroatoms. The molecule has 1 aromatic carbocycles. The van der Waals surface area contributed by atoms with Gasteiger partial charge in [0.1, 0.15) is 5.75 Å². The number of benzene rings is 1. The summed E-state index contributed by atoms with van der Waals surface area (Å²) in [6, 6.07) is 3.00. The average Bonchev–Trinajstić information content (AvgIpc) is 2.47. The minimum atomic E-state index is -3.78. The molecular formula is C15H20O7S. The minimum absolute atomic E-state index is 0.0807. The lowest BCUT2D eigenvalue weighted by atomic mass is 10.1. The van der Waals surface area contributed by atoms with Gasteiger partial charge in [0.2, 0.25) is 0 Å². The van der Waals surface area contributed by atoms with Gasteiger partial charge >= 0.3 is 10.1 Å². The summed E-state index contributed by atoms with van der Waals surface area (Å²) in [5.41, 5.74) is 0.601. The molecule has 2 rings (SSSR count). The maximum Gasteiger partial charge on any atom is 0.306 e. The monoisotopic (exact) mass is 344 g/mol. The normalized spacial score (nSPS) is 18.4. The van der Waals surface area contributed by atoms with Crippen LogP contribution in [0.2, 0.25) is 0 Å². The van der Waals surface area contributed by atoms with E-state index >= 15 is 0 Å². The Labute approximate surface area is 135 Å². The van der Waals surface area contributed by atoms with Crippen molar-refractivity contribution in [2.45, 2.75) is 32.2 Å². The summed E-state index contributed by atoms with van der Waals surface area (Å²) in [6.07, 6.45) is 3.78. The molecule has 0 aromatic heterocycles. The topological polar surface area (TPSA) is 88.1 Å². The summed E-state index contributed by atoms with van der Waals surface area (Å²) in [4.78, 5) is 11.3. The van der Waals surface area contributed by atoms with Crippen LogP contribution in [0.25, 0.3) is 0 Å². The molecule has 1 unspecified atom stereocenters. The Morgan fingerprint density at radius 3 is 2.70 bits per heavy atom. The molecule has 23 heavy (non-hydrogen) atoms. The van der Waals surface area contributed by atoms with Crippen molar-refractivity contribution in [2.24, 2.45) is 0 Å². The second-order valence-corrected chi connectivity index (χ2v) is 6.82. The molecule has 0 amide bonds. The summed E-state index contributed by atoms with van der Waals surface area (Å²) in [7, 11) is -2.30. The Balaban J connectivity index is 2.35. The third-order valence-corrected chi connectivity index (χ3v) is 3.75. The van der Waals surface area contributed by atoms with E-state index < -0.39 is 16.4 Å². The van der Waals surface area contributed by atoms with Crippen LogP contribution in [0.4, 0.5) is 0 Å². The predicted octanol–water partition coefficient (Wildman–Crippen LogP) is 1.89. The SMILES string of the molecule is COCc1cc(OC2CCCCO2)cc(OS(C)(=O)=O)c1C=O. The third kappa shape index (κ3) is 5.19. The Bertz CT molecular complexity index is 648. The first kappa shape index (κ1) is 17.7. The van der Waals surface area contributed by atoms with Crippen molar-refractivity contribution < 1.29 is 31.6 Å². The third-order valence-electron chi connectivity index (χ3n) is 3.27. The number of methoxy groups -OCH3 is 1. The molecule has 1 aliphatic rings. The van der Waals surface area contributed by atoms with Gasteiger partial charge in [-0.05, 0) is 24.5 Å². The molecule has 1 atom stereocenters. The fraction of sp³-hybridized carbons (Fsp3) is 0.533. The highest BCUT2D eigenvalue weighted by atomic mass is 32.2. The molecule has 7 nitrogen and oxygen atoms in total. The zero-order valence-electron chi connectivity index (χ0n) is 13.1. The zero-order chi connectivity index (χ0) is 16.9. The van der Waals surface area contributed by atoms with Crippen molar-refractivity contribution in [2.75, 3.05) is 20.0 Å². The van der Waals surface area contributed by atoms with Gasteiger partial charge in [0.15, 0.2) is 18.3 Å². The van der Waals surface area contributed by atoms with Gasteiger partial charge in [-0.25, -0.2) is 0 Å². The molecule has 0 aliphatic carbocycles. The van der Waals surface area contributed by atoms with Crippen LogP contribution in [0.5, 0.6) is 11.5 Å². The van der Waals surface area contributed by atoms with E-state index in [1.54, 1.807) is 6.07 Å². The smallest absolute Gasteiger partial charge is 0.306 e. The summed E-state index contributed by atoms with van der Waals surface area (Å²) in [6.45, 7) is 0.742. The van der Waals surface area contributed by atoms with Crippen molar-refractivity contribution in [3.63, 3.8) is 0 Å².